The second-order valence-corrected chi connectivity index (χ2v) is 9.38. The molecule has 1 heterocycles. The van der Waals surface area contributed by atoms with E-state index < -0.39 is 5.97 Å². The average molecular weight is 521 g/mol. The van der Waals surface area contributed by atoms with E-state index in [9.17, 15) is 9.90 Å². The Balaban J connectivity index is 1.48. The van der Waals surface area contributed by atoms with Gasteiger partial charge in [0.15, 0.2) is 0 Å². The minimum Gasteiger partial charge on any atom is -0.489 e. The lowest BCUT2D eigenvalue weighted by atomic mass is 10.1. The standard InChI is InChI=1S/C23H23BrClN3O4/c1-12(2)31-20-8-4-13(10-19(20)25)21-27-22(32-28-21)17-7-6-16(11-18(17)24)26-15-5-3-14(9-15)23(29)30/h4,6-8,10-12,14-15,26H,3,5,9H2,1-2H3,(H,29,30)/t14-,15+/m1/s1. The average Bonchev–Trinajstić information content (AvgIpc) is 3.39. The Morgan fingerprint density at radius 3 is 2.75 bits per heavy atom. The number of halogens is 2. The molecule has 168 valence electrons. The van der Waals surface area contributed by atoms with Crippen LogP contribution in [0.1, 0.15) is 33.1 Å². The van der Waals surface area contributed by atoms with Crippen LogP contribution in [0.2, 0.25) is 5.02 Å². The van der Waals surface area contributed by atoms with Gasteiger partial charge < -0.3 is 19.7 Å². The number of carbonyl (C=O) groups is 1. The molecule has 2 aromatic carbocycles. The van der Waals surface area contributed by atoms with Crippen LogP contribution in [0.3, 0.4) is 0 Å². The Labute approximate surface area is 199 Å². The van der Waals surface area contributed by atoms with Gasteiger partial charge in [0.25, 0.3) is 5.89 Å². The van der Waals surface area contributed by atoms with Crippen molar-refractivity contribution in [3.8, 4) is 28.6 Å². The van der Waals surface area contributed by atoms with E-state index in [4.69, 9.17) is 20.9 Å². The number of hydrogen-bond acceptors (Lipinski definition) is 6. The quantitative estimate of drug-likeness (QED) is 0.379. The van der Waals surface area contributed by atoms with Crippen molar-refractivity contribution in [1.82, 2.24) is 10.1 Å². The maximum Gasteiger partial charge on any atom is 0.306 e. The van der Waals surface area contributed by atoms with Crippen molar-refractivity contribution in [1.29, 1.82) is 0 Å². The number of nitrogens with one attached hydrogen (secondary N) is 1. The third-order valence-electron chi connectivity index (χ3n) is 5.33. The Hall–Kier alpha value is -2.58. The SMILES string of the molecule is CC(C)Oc1ccc(-c2noc(-c3ccc(N[C@H]4CC[C@@H](C(=O)O)C4)cc3Br)n2)cc1Cl. The largest absolute Gasteiger partial charge is 0.489 e. The van der Waals surface area contributed by atoms with Crippen molar-refractivity contribution in [3.63, 3.8) is 0 Å². The molecule has 3 aromatic rings. The van der Waals surface area contributed by atoms with Crippen molar-refractivity contribution in [2.24, 2.45) is 5.92 Å². The molecule has 1 fully saturated rings. The summed E-state index contributed by atoms with van der Waals surface area (Å²) in [6, 6.07) is 11.3. The maximum atomic E-state index is 11.2. The van der Waals surface area contributed by atoms with Gasteiger partial charge in [-0.25, -0.2) is 0 Å². The molecule has 7 nitrogen and oxygen atoms in total. The summed E-state index contributed by atoms with van der Waals surface area (Å²) in [4.78, 5) is 15.7. The van der Waals surface area contributed by atoms with Crippen LogP contribution in [-0.2, 0) is 4.79 Å². The monoisotopic (exact) mass is 519 g/mol. The first-order chi connectivity index (χ1) is 15.3. The minimum atomic E-state index is -0.721. The first kappa shape index (κ1) is 22.6. The number of rotatable bonds is 7. The third-order valence-corrected chi connectivity index (χ3v) is 6.28. The van der Waals surface area contributed by atoms with E-state index in [1.807, 2.05) is 38.1 Å². The van der Waals surface area contributed by atoms with Gasteiger partial charge in [0.05, 0.1) is 22.6 Å². The fraction of sp³-hybridized carbons (Fsp3) is 0.348. The molecular formula is C23H23BrClN3O4. The molecule has 0 saturated heterocycles. The van der Waals surface area contributed by atoms with Gasteiger partial charge in [0.2, 0.25) is 5.82 Å². The van der Waals surface area contributed by atoms with Gasteiger partial charge in [-0.1, -0.05) is 16.8 Å². The van der Waals surface area contributed by atoms with Crippen LogP contribution < -0.4 is 10.1 Å². The van der Waals surface area contributed by atoms with Crippen molar-refractivity contribution >= 4 is 39.2 Å². The van der Waals surface area contributed by atoms with Crippen molar-refractivity contribution in [2.45, 2.75) is 45.3 Å². The molecule has 0 bridgehead atoms. The first-order valence-electron chi connectivity index (χ1n) is 10.4. The molecule has 2 atom stereocenters. The van der Waals surface area contributed by atoms with Crippen LogP contribution in [0.25, 0.3) is 22.8 Å². The molecule has 4 rings (SSSR count). The number of carboxylic acids is 1. The summed E-state index contributed by atoms with van der Waals surface area (Å²) in [5.74, 6) is 0.423. The van der Waals surface area contributed by atoms with Gasteiger partial charge in [-0.2, -0.15) is 4.98 Å². The summed E-state index contributed by atoms with van der Waals surface area (Å²) in [5.41, 5.74) is 2.39. The molecule has 0 spiro atoms. The minimum absolute atomic E-state index is 0.0252. The number of aliphatic carboxylic acids is 1. The highest BCUT2D eigenvalue weighted by molar-refractivity contribution is 9.10. The van der Waals surface area contributed by atoms with Crippen LogP contribution in [0.5, 0.6) is 5.75 Å². The van der Waals surface area contributed by atoms with Crippen LogP contribution >= 0.6 is 27.5 Å². The van der Waals surface area contributed by atoms with E-state index in [1.165, 1.54) is 0 Å². The highest BCUT2D eigenvalue weighted by atomic mass is 79.9. The molecule has 1 saturated carbocycles. The summed E-state index contributed by atoms with van der Waals surface area (Å²) in [6.45, 7) is 3.88. The zero-order valence-corrected chi connectivity index (χ0v) is 20.0. The Kier molecular flexibility index (Phi) is 6.71. The van der Waals surface area contributed by atoms with Gasteiger partial charge in [0.1, 0.15) is 5.75 Å². The number of nitrogens with zero attached hydrogens (tertiary/aromatic N) is 2. The molecule has 9 heteroatoms. The lowest BCUT2D eigenvalue weighted by Gasteiger charge is -2.14. The van der Waals surface area contributed by atoms with Crippen molar-refractivity contribution < 1.29 is 19.2 Å². The summed E-state index contributed by atoms with van der Waals surface area (Å²) in [6.07, 6.45) is 2.20. The molecule has 1 aliphatic carbocycles. The van der Waals surface area contributed by atoms with E-state index in [0.29, 0.717) is 35.3 Å². The van der Waals surface area contributed by atoms with E-state index in [0.717, 1.165) is 27.7 Å². The highest BCUT2D eigenvalue weighted by Gasteiger charge is 2.29. The molecule has 32 heavy (non-hydrogen) atoms. The lowest BCUT2D eigenvalue weighted by Crippen LogP contribution is -2.17. The van der Waals surface area contributed by atoms with Gasteiger partial charge in [0, 0.05) is 21.8 Å². The second kappa shape index (κ2) is 9.50. The number of carboxylic acid groups (broad SMARTS) is 1. The molecule has 0 amide bonds. The van der Waals surface area contributed by atoms with Gasteiger partial charge in [-0.05, 0) is 85.4 Å². The molecule has 0 unspecified atom stereocenters. The van der Waals surface area contributed by atoms with Gasteiger partial charge in [-0.3, -0.25) is 4.79 Å². The summed E-state index contributed by atoms with van der Waals surface area (Å²) >= 11 is 9.91. The van der Waals surface area contributed by atoms with Crippen LogP contribution in [0.4, 0.5) is 5.69 Å². The predicted octanol–water partition coefficient (Wildman–Crippen LogP) is 6.27. The zero-order valence-electron chi connectivity index (χ0n) is 17.6. The normalized spacial score (nSPS) is 18.2. The summed E-state index contributed by atoms with van der Waals surface area (Å²) < 4.78 is 11.9. The van der Waals surface area contributed by atoms with E-state index in [1.54, 1.807) is 12.1 Å². The molecular weight excluding hydrogens is 498 g/mol. The Morgan fingerprint density at radius 1 is 1.28 bits per heavy atom. The molecule has 2 N–H and O–H groups in total. The van der Waals surface area contributed by atoms with Gasteiger partial charge in [-0.15, -0.1) is 0 Å². The number of ether oxygens (including phenoxy) is 1. The van der Waals surface area contributed by atoms with E-state index in [-0.39, 0.29) is 18.1 Å². The van der Waals surface area contributed by atoms with Gasteiger partial charge >= 0.3 is 5.97 Å². The van der Waals surface area contributed by atoms with E-state index in [2.05, 4.69) is 31.4 Å². The molecule has 1 aliphatic rings. The Morgan fingerprint density at radius 2 is 2.09 bits per heavy atom. The molecule has 0 radical (unpaired) electrons. The summed E-state index contributed by atoms with van der Waals surface area (Å²) in [5, 5.41) is 17.2. The maximum absolute atomic E-state index is 11.2. The highest BCUT2D eigenvalue weighted by Crippen LogP contribution is 2.35. The molecule has 1 aromatic heterocycles. The lowest BCUT2D eigenvalue weighted by molar-refractivity contribution is -0.141. The number of aromatic nitrogens is 2. The zero-order chi connectivity index (χ0) is 22.8. The van der Waals surface area contributed by atoms with E-state index >= 15 is 0 Å². The number of hydrogen-bond donors (Lipinski definition) is 2. The molecule has 0 aliphatic heterocycles. The van der Waals surface area contributed by atoms with Crippen LogP contribution in [0.15, 0.2) is 45.4 Å². The topological polar surface area (TPSA) is 97.5 Å². The predicted molar refractivity (Wildman–Crippen MR) is 126 cm³/mol. The fourth-order valence-corrected chi connectivity index (χ4v) is 4.56. The van der Waals surface area contributed by atoms with Crippen molar-refractivity contribution in [3.05, 3.63) is 45.9 Å². The van der Waals surface area contributed by atoms with Crippen molar-refractivity contribution in [2.75, 3.05) is 5.32 Å². The van der Waals surface area contributed by atoms with Crippen LogP contribution in [-0.4, -0.2) is 33.4 Å². The number of benzene rings is 2. The third kappa shape index (κ3) is 5.07. The number of anilines is 1. The van der Waals surface area contributed by atoms with Crippen LogP contribution in [0, 0.1) is 5.92 Å². The smallest absolute Gasteiger partial charge is 0.306 e. The first-order valence-corrected chi connectivity index (χ1v) is 11.6. The Bertz CT molecular complexity index is 1130. The fourth-order valence-electron chi connectivity index (χ4n) is 3.79. The second-order valence-electron chi connectivity index (χ2n) is 8.12. The summed E-state index contributed by atoms with van der Waals surface area (Å²) in [7, 11) is 0.